The molecule has 0 heterocycles. The Balaban J connectivity index is 2.11. The summed E-state index contributed by atoms with van der Waals surface area (Å²) in [5.41, 5.74) is 9.78. The van der Waals surface area contributed by atoms with E-state index in [2.05, 4.69) is 127 Å². The minimum absolute atomic E-state index is 0.389. The summed E-state index contributed by atoms with van der Waals surface area (Å²) >= 11 is 6.00. The number of alkyl halides is 1. The number of guanidine groups is 1. The molecule has 198 valence electrons. The van der Waals surface area contributed by atoms with Gasteiger partial charge in [0.15, 0.2) is 0 Å². The second kappa shape index (κ2) is 13.1. The number of nitrogens with one attached hydrogen (secondary N) is 2. The monoisotopic (exact) mass is 517 g/mol. The van der Waals surface area contributed by atoms with Crippen molar-refractivity contribution < 1.29 is 0 Å². The summed E-state index contributed by atoms with van der Waals surface area (Å²) in [4.78, 5) is 5.10. The molecule has 37 heavy (non-hydrogen) atoms. The maximum absolute atomic E-state index is 6.00. The number of benzene rings is 3. The predicted molar refractivity (Wildman–Crippen MR) is 164 cm³/mol. The predicted octanol–water partition coefficient (Wildman–Crippen LogP) is 10.00. The summed E-state index contributed by atoms with van der Waals surface area (Å²) in [7, 11) is 0. The molecule has 0 aliphatic carbocycles. The summed E-state index contributed by atoms with van der Waals surface area (Å²) in [5.74, 6) is 2.84. The van der Waals surface area contributed by atoms with Gasteiger partial charge in [0.05, 0.1) is 6.54 Å². The van der Waals surface area contributed by atoms with Crippen LogP contribution in [0.4, 0.5) is 11.4 Å². The topological polar surface area (TPSA) is 36.4 Å². The van der Waals surface area contributed by atoms with E-state index >= 15 is 0 Å². The first-order chi connectivity index (χ1) is 17.6. The first-order valence-corrected chi connectivity index (χ1v) is 14.1. The highest BCUT2D eigenvalue weighted by Gasteiger charge is 2.19. The zero-order valence-electron chi connectivity index (χ0n) is 23.8. The quantitative estimate of drug-likeness (QED) is 0.168. The molecule has 0 atom stereocenters. The summed E-state index contributed by atoms with van der Waals surface area (Å²) in [6, 6.07) is 21.6. The third-order valence-corrected chi connectivity index (χ3v) is 7.14. The van der Waals surface area contributed by atoms with E-state index in [0.717, 1.165) is 28.5 Å². The van der Waals surface area contributed by atoms with Crippen molar-refractivity contribution in [3.05, 3.63) is 94.0 Å². The molecule has 4 heteroatoms. The van der Waals surface area contributed by atoms with Crippen LogP contribution in [-0.2, 0) is 12.4 Å². The highest BCUT2D eigenvalue weighted by Crippen LogP contribution is 2.35. The molecule has 0 spiro atoms. The Morgan fingerprint density at radius 2 is 0.946 bits per heavy atom. The van der Waals surface area contributed by atoms with Crippen LogP contribution in [0.2, 0.25) is 0 Å². The van der Waals surface area contributed by atoms with Gasteiger partial charge in [0.25, 0.3) is 0 Å². The van der Waals surface area contributed by atoms with E-state index in [1.165, 1.54) is 22.3 Å². The number of para-hydroxylation sites is 2. The molecule has 3 nitrogen and oxygen atoms in total. The number of halogens is 1. The fraction of sp³-hybridized carbons (Fsp3) is 0.424. The zero-order valence-corrected chi connectivity index (χ0v) is 24.6. The largest absolute Gasteiger partial charge is 0.326 e. The number of hydrogen-bond acceptors (Lipinski definition) is 1. The molecule has 2 N–H and O–H groups in total. The maximum Gasteiger partial charge on any atom is 0.200 e. The first-order valence-electron chi connectivity index (χ1n) is 13.6. The molecule has 3 rings (SSSR count). The average molecular weight is 518 g/mol. The molecule has 0 unspecified atom stereocenters. The highest BCUT2D eigenvalue weighted by atomic mass is 35.5. The van der Waals surface area contributed by atoms with Gasteiger partial charge in [0.2, 0.25) is 5.96 Å². The number of hydrogen-bond donors (Lipinski definition) is 2. The molecule has 0 aliphatic rings. The van der Waals surface area contributed by atoms with Crippen LogP contribution in [0.1, 0.15) is 112 Å². The Morgan fingerprint density at radius 3 is 1.27 bits per heavy atom. The minimum Gasteiger partial charge on any atom is -0.326 e. The molecule has 0 radical (unpaired) electrons. The van der Waals surface area contributed by atoms with Crippen molar-refractivity contribution >= 4 is 28.9 Å². The van der Waals surface area contributed by atoms with E-state index in [0.29, 0.717) is 36.1 Å². The number of nitrogens with zero attached hydrogens (tertiary/aromatic N) is 1. The van der Waals surface area contributed by atoms with Crippen LogP contribution >= 0.6 is 11.6 Å². The van der Waals surface area contributed by atoms with Gasteiger partial charge in [-0.2, -0.15) is 0 Å². The Bertz CT molecular complexity index is 1070. The highest BCUT2D eigenvalue weighted by molar-refractivity contribution is 6.17. The second-order valence-corrected chi connectivity index (χ2v) is 11.4. The lowest BCUT2D eigenvalue weighted by molar-refractivity contribution is 0.837. The maximum atomic E-state index is 6.00. The molecule has 0 aliphatic heterocycles. The van der Waals surface area contributed by atoms with Gasteiger partial charge >= 0.3 is 0 Å². The second-order valence-electron chi connectivity index (χ2n) is 11.1. The van der Waals surface area contributed by atoms with Crippen molar-refractivity contribution in [1.29, 1.82) is 0 Å². The van der Waals surface area contributed by atoms with Gasteiger partial charge in [0.1, 0.15) is 0 Å². The number of rotatable bonds is 9. The van der Waals surface area contributed by atoms with Crippen LogP contribution in [-0.4, -0.2) is 5.96 Å². The van der Waals surface area contributed by atoms with Gasteiger partial charge in [-0.1, -0.05) is 116 Å². The molecule has 3 aromatic carbocycles. The van der Waals surface area contributed by atoms with E-state index in [1.54, 1.807) is 0 Å². The van der Waals surface area contributed by atoms with Gasteiger partial charge < -0.3 is 10.6 Å². The van der Waals surface area contributed by atoms with Gasteiger partial charge in [-0.15, -0.1) is 11.6 Å². The normalized spacial score (nSPS) is 11.5. The number of anilines is 2. The van der Waals surface area contributed by atoms with E-state index in [4.69, 9.17) is 16.6 Å². The van der Waals surface area contributed by atoms with Gasteiger partial charge in [-0.05, 0) is 57.1 Å². The van der Waals surface area contributed by atoms with E-state index in [-0.39, 0.29) is 0 Å². The Morgan fingerprint density at radius 1 is 0.595 bits per heavy atom. The van der Waals surface area contributed by atoms with E-state index < -0.39 is 0 Å². The summed E-state index contributed by atoms with van der Waals surface area (Å²) in [6.07, 6.45) is 0. The smallest absolute Gasteiger partial charge is 0.200 e. The van der Waals surface area contributed by atoms with Crippen LogP contribution < -0.4 is 10.6 Å². The molecule has 0 saturated carbocycles. The summed E-state index contributed by atoms with van der Waals surface area (Å²) in [5, 5.41) is 7.54. The number of aliphatic imine (C=N–C) groups is 1. The van der Waals surface area contributed by atoms with Crippen molar-refractivity contribution in [1.82, 2.24) is 0 Å². The minimum atomic E-state index is 0.389. The fourth-order valence-corrected chi connectivity index (χ4v) is 4.82. The Labute approximate surface area is 229 Å². The SMILES string of the molecule is CC(C)c1cccc(C(C)C)c1NC(=NCc1ccc(CCl)cc1)Nc1c(C(C)C)cccc1C(C)C. The molecule has 0 bridgehead atoms. The lowest BCUT2D eigenvalue weighted by atomic mass is 9.92. The van der Waals surface area contributed by atoms with Gasteiger partial charge in [0, 0.05) is 17.3 Å². The molecule has 3 aromatic rings. The Hall–Kier alpha value is -2.78. The van der Waals surface area contributed by atoms with Crippen molar-refractivity contribution in [3.8, 4) is 0 Å². The van der Waals surface area contributed by atoms with E-state index in [1.807, 2.05) is 0 Å². The first kappa shape index (κ1) is 28.8. The van der Waals surface area contributed by atoms with Crippen molar-refractivity contribution in [3.63, 3.8) is 0 Å². The standard InChI is InChI=1S/C33H44ClN3/c1-21(2)27-11-9-12-28(22(3)4)31(27)36-33(35-20-26-17-15-25(19-34)16-18-26)37-32-29(23(5)6)13-10-14-30(32)24(7)8/h9-18,21-24H,19-20H2,1-8H3,(H2,35,36,37). The third kappa shape index (κ3) is 7.38. The Kier molecular flexibility index (Phi) is 10.2. The van der Waals surface area contributed by atoms with Crippen molar-refractivity contribution in [2.75, 3.05) is 10.6 Å². The summed E-state index contributed by atoms with van der Waals surface area (Å²) < 4.78 is 0. The molecule has 0 amide bonds. The summed E-state index contributed by atoms with van der Waals surface area (Å²) in [6.45, 7) is 18.6. The van der Waals surface area contributed by atoms with Crippen LogP contribution in [0, 0.1) is 0 Å². The van der Waals surface area contributed by atoms with E-state index in [9.17, 15) is 0 Å². The zero-order chi connectivity index (χ0) is 27.1. The molecule has 0 fully saturated rings. The molecule has 0 saturated heterocycles. The molecular formula is C33H44ClN3. The molecule has 0 aromatic heterocycles. The van der Waals surface area contributed by atoms with Crippen molar-refractivity contribution in [2.45, 2.75) is 91.5 Å². The lowest BCUT2D eigenvalue weighted by Gasteiger charge is -2.25. The third-order valence-electron chi connectivity index (χ3n) is 6.83. The van der Waals surface area contributed by atoms with Crippen molar-refractivity contribution in [2.24, 2.45) is 4.99 Å². The molecular weight excluding hydrogens is 474 g/mol. The van der Waals surface area contributed by atoms with Gasteiger partial charge in [-0.25, -0.2) is 4.99 Å². The van der Waals surface area contributed by atoms with Gasteiger partial charge in [-0.3, -0.25) is 0 Å². The van der Waals surface area contributed by atoms with Crippen LogP contribution in [0.15, 0.2) is 65.7 Å². The van der Waals surface area contributed by atoms with Crippen LogP contribution in [0.3, 0.4) is 0 Å². The lowest BCUT2D eigenvalue weighted by Crippen LogP contribution is -2.26. The van der Waals surface area contributed by atoms with Crippen LogP contribution in [0.25, 0.3) is 0 Å². The fourth-order valence-electron chi connectivity index (χ4n) is 4.64. The average Bonchev–Trinajstić information content (AvgIpc) is 2.87. The van der Waals surface area contributed by atoms with Crippen LogP contribution in [0.5, 0.6) is 0 Å².